The van der Waals surface area contributed by atoms with Crippen molar-refractivity contribution in [2.75, 3.05) is 13.4 Å². The molecule has 0 aromatic carbocycles. The standard InChI is InChI=1S/C13H20N2O4S/c1-18-13-6-3-9(8-15-13)11-7-10(4-5-12(11)14)19-20(2,16)17/h3,6,8,10-12H,4-5,7,14H2,1-2H3/t10-,11+,12-/m0/s1. The number of methoxy groups -OCH3 is 1. The second-order valence-electron chi connectivity index (χ2n) is 5.14. The molecular formula is C13H20N2O4S. The predicted molar refractivity (Wildman–Crippen MR) is 75.1 cm³/mol. The zero-order valence-corrected chi connectivity index (χ0v) is 12.5. The second-order valence-corrected chi connectivity index (χ2v) is 6.74. The Morgan fingerprint density at radius 1 is 1.35 bits per heavy atom. The van der Waals surface area contributed by atoms with Crippen molar-refractivity contribution in [1.82, 2.24) is 4.98 Å². The second kappa shape index (κ2) is 6.07. The Labute approximate surface area is 119 Å². The summed E-state index contributed by atoms with van der Waals surface area (Å²) in [5, 5.41) is 0. The summed E-state index contributed by atoms with van der Waals surface area (Å²) in [6.45, 7) is 0. The molecule has 112 valence electrons. The average Bonchev–Trinajstić information content (AvgIpc) is 2.40. The van der Waals surface area contributed by atoms with Crippen LogP contribution < -0.4 is 10.5 Å². The summed E-state index contributed by atoms with van der Waals surface area (Å²) in [5.41, 5.74) is 7.13. The molecule has 2 N–H and O–H groups in total. The Kier molecular flexibility index (Phi) is 4.62. The zero-order chi connectivity index (χ0) is 14.8. The maximum absolute atomic E-state index is 11.2. The van der Waals surface area contributed by atoms with Gasteiger partial charge in [0, 0.05) is 24.2 Å². The Morgan fingerprint density at radius 2 is 2.10 bits per heavy atom. The SMILES string of the molecule is COc1ccc([C@H]2C[C@@H](OS(C)(=O)=O)CC[C@@H]2N)cn1. The molecule has 2 rings (SSSR count). The molecule has 0 saturated heterocycles. The summed E-state index contributed by atoms with van der Waals surface area (Å²) in [6.07, 6.45) is 4.47. The van der Waals surface area contributed by atoms with Crippen LogP contribution in [0.25, 0.3) is 0 Å². The van der Waals surface area contributed by atoms with Gasteiger partial charge in [0.25, 0.3) is 10.1 Å². The molecule has 0 unspecified atom stereocenters. The van der Waals surface area contributed by atoms with Crippen LogP contribution in [0.2, 0.25) is 0 Å². The molecule has 1 fully saturated rings. The highest BCUT2D eigenvalue weighted by atomic mass is 32.2. The summed E-state index contributed by atoms with van der Waals surface area (Å²) in [7, 11) is -1.87. The Morgan fingerprint density at radius 3 is 2.65 bits per heavy atom. The third kappa shape index (κ3) is 3.91. The van der Waals surface area contributed by atoms with Crippen LogP contribution in [-0.4, -0.2) is 38.9 Å². The lowest BCUT2D eigenvalue weighted by atomic mass is 9.79. The van der Waals surface area contributed by atoms with Crippen molar-refractivity contribution in [3.05, 3.63) is 23.9 Å². The van der Waals surface area contributed by atoms with E-state index in [2.05, 4.69) is 4.98 Å². The van der Waals surface area contributed by atoms with Crippen LogP contribution in [0.3, 0.4) is 0 Å². The number of ether oxygens (including phenoxy) is 1. The largest absolute Gasteiger partial charge is 0.481 e. The van der Waals surface area contributed by atoms with Crippen LogP contribution in [0.4, 0.5) is 0 Å². The minimum Gasteiger partial charge on any atom is -0.481 e. The highest BCUT2D eigenvalue weighted by molar-refractivity contribution is 7.86. The van der Waals surface area contributed by atoms with E-state index in [-0.39, 0.29) is 18.1 Å². The van der Waals surface area contributed by atoms with Crippen molar-refractivity contribution < 1.29 is 17.3 Å². The molecule has 20 heavy (non-hydrogen) atoms. The molecule has 0 bridgehead atoms. The molecule has 3 atom stereocenters. The fourth-order valence-electron chi connectivity index (χ4n) is 2.61. The van der Waals surface area contributed by atoms with Gasteiger partial charge in [-0.1, -0.05) is 6.07 Å². The summed E-state index contributed by atoms with van der Waals surface area (Å²) in [5.74, 6) is 0.593. The lowest BCUT2D eigenvalue weighted by Crippen LogP contribution is -2.38. The van der Waals surface area contributed by atoms with E-state index in [1.807, 2.05) is 6.07 Å². The molecule has 1 heterocycles. The number of aromatic nitrogens is 1. The van der Waals surface area contributed by atoms with E-state index < -0.39 is 10.1 Å². The van der Waals surface area contributed by atoms with Gasteiger partial charge in [0.05, 0.1) is 19.5 Å². The molecule has 1 saturated carbocycles. The fourth-order valence-corrected chi connectivity index (χ4v) is 3.27. The maximum atomic E-state index is 11.2. The van der Waals surface area contributed by atoms with Crippen molar-refractivity contribution in [2.24, 2.45) is 5.73 Å². The molecule has 0 radical (unpaired) electrons. The van der Waals surface area contributed by atoms with E-state index in [0.29, 0.717) is 18.7 Å². The van der Waals surface area contributed by atoms with Crippen LogP contribution in [0.5, 0.6) is 5.88 Å². The van der Waals surface area contributed by atoms with Crippen LogP contribution in [0.1, 0.15) is 30.7 Å². The van der Waals surface area contributed by atoms with E-state index in [9.17, 15) is 8.42 Å². The molecule has 1 aliphatic carbocycles. The minimum atomic E-state index is -3.43. The maximum Gasteiger partial charge on any atom is 0.264 e. The first-order valence-electron chi connectivity index (χ1n) is 6.53. The Hall–Kier alpha value is -1.18. The van der Waals surface area contributed by atoms with Crippen LogP contribution >= 0.6 is 0 Å². The Balaban J connectivity index is 2.11. The first kappa shape index (κ1) is 15.2. The lowest BCUT2D eigenvalue weighted by molar-refractivity contribution is 0.142. The van der Waals surface area contributed by atoms with Crippen molar-refractivity contribution >= 4 is 10.1 Å². The van der Waals surface area contributed by atoms with E-state index in [1.165, 1.54) is 0 Å². The van der Waals surface area contributed by atoms with Crippen LogP contribution in [0, 0.1) is 0 Å². The normalized spacial score (nSPS) is 27.2. The predicted octanol–water partition coefficient (Wildman–Crippen LogP) is 1.03. The number of nitrogens with two attached hydrogens (primary N) is 1. The molecule has 7 heteroatoms. The summed E-state index contributed by atoms with van der Waals surface area (Å²) >= 11 is 0. The smallest absolute Gasteiger partial charge is 0.264 e. The van der Waals surface area contributed by atoms with Gasteiger partial charge in [-0.25, -0.2) is 4.98 Å². The topological polar surface area (TPSA) is 91.5 Å². The average molecular weight is 300 g/mol. The molecule has 1 aliphatic rings. The van der Waals surface area contributed by atoms with Crippen molar-refractivity contribution in [1.29, 1.82) is 0 Å². The quantitative estimate of drug-likeness (QED) is 0.835. The van der Waals surface area contributed by atoms with Gasteiger partial charge in [0.2, 0.25) is 5.88 Å². The molecule has 1 aromatic rings. The van der Waals surface area contributed by atoms with E-state index >= 15 is 0 Å². The Bertz CT molecular complexity index is 544. The molecule has 6 nitrogen and oxygen atoms in total. The first-order chi connectivity index (χ1) is 9.39. The molecule has 1 aromatic heterocycles. The molecule has 0 amide bonds. The highest BCUT2D eigenvalue weighted by Crippen LogP contribution is 2.34. The number of hydrogen-bond acceptors (Lipinski definition) is 6. The van der Waals surface area contributed by atoms with Gasteiger partial charge in [-0.3, -0.25) is 4.18 Å². The lowest BCUT2D eigenvalue weighted by Gasteiger charge is -2.33. The number of rotatable bonds is 4. The number of hydrogen-bond donors (Lipinski definition) is 1. The summed E-state index contributed by atoms with van der Waals surface area (Å²) < 4.78 is 32.6. The summed E-state index contributed by atoms with van der Waals surface area (Å²) in [4.78, 5) is 4.17. The first-order valence-corrected chi connectivity index (χ1v) is 8.34. The van der Waals surface area contributed by atoms with E-state index in [4.69, 9.17) is 14.7 Å². The highest BCUT2D eigenvalue weighted by Gasteiger charge is 2.31. The summed E-state index contributed by atoms with van der Waals surface area (Å²) in [6, 6.07) is 3.69. The molecule has 0 spiro atoms. The number of pyridine rings is 1. The van der Waals surface area contributed by atoms with Gasteiger partial charge in [-0.05, 0) is 24.8 Å². The van der Waals surface area contributed by atoms with Gasteiger partial charge >= 0.3 is 0 Å². The van der Waals surface area contributed by atoms with Crippen molar-refractivity contribution in [3.8, 4) is 5.88 Å². The van der Waals surface area contributed by atoms with Crippen molar-refractivity contribution in [3.63, 3.8) is 0 Å². The van der Waals surface area contributed by atoms with Gasteiger partial charge in [0.15, 0.2) is 0 Å². The molecule has 0 aliphatic heterocycles. The zero-order valence-electron chi connectivity index (χ0n) is 11.7. The van der Waals surface area contributed by atoms with Gasteiger partial charge in [-0.2, -0.15) is 8.42 Å². The fraction of sp³-hybridized carbons (Fsp3) is 0.615. The van der Waals surface area contributed by atoms with Gasteiger partial charge < -0.3 is 10.5 Å². The van der Waals surface area contributed by atoms with E-state index in [1.54, 1.807) is 19.4 Å². The van der Waals surface area contributed by atoms with Gasteiger partial charge in [0.1, 0.15) is 0 Å². The van der Waals surface area contributed by atoms with Crippen LogP contribution in [0.15, 0.2) is 18.3 Å². The monoisotopic (exact) mass is 300 g/mol. The van der Waals surface area contributed by atoms with Gasteiger partial charge in [-0.15, -0.1) is 0 Å². The molecular weight excluding hydrogens is 280 g/mol. The van der Waals surface area contributed by atoms with E-state index in [0.717, 1.165) is 18.2 Å². The number of nitrogens with zero attached hydrogens (tertiary/aromatic N) is 1. The third-order valence-corrected chi connectivity index (χ3v) is 4.18. The van der Waals surface area contributed by atoms with Crippen molar-refractivity contribution in [2.45, 2.75) is 37.3 Å². The minimum absolute atomic E-state index is 0.00962. The van der Waals surface area contributed by atoms with Crippen LogP contribution in [-0.2, 0) is 14.3 Å². The third-order valence-electron chi connectivity index (χ3n) is 3.56.